The fourth-order valence-electron chi connectivity index (χ4n) is 3.05. The van der Waals surface area contributed by atoms with E-state index in [9.17, 15) is 26.4 Å². The van der Waals surface area contributed by atoms with Crippen molar-refractivity contribution < 1.29 is 31.1 Å². The highest BCUT2D eigenvalue weighted by Crippen LogP contribution is 2.48. The minimum absolute atomic E-state index is 0.173. The number of hydrogen-bond acceptors (Lipinski definition) is 4. The first-order valence-electron chi connectivity index (χ1n) is 6.43. The minimum Gasteiger partial charge on any atom is -0.464 e. The SMILES string of the molecule is O=C(OCCNS(=O)(=O)C(F)(F)F)C1CC2CCC1C2. The summed E-state index contributed by atoms with van der Waals surface area (Å²) >= 11 is 0. The van der Waals surface area contributed by atoms with Gasteiger partial charge < -0.3 is 4.74 Å². The normalized spacial score (nSPS) is 29.6. The number of ether oxygens (including phenoxy) is 1. The predicted octanol–water partition coefficient (Wildman–Crippen LogP) is 1.41. The summed E-state index contributed by atoms with van der Waals surface area (Å²) in [6.07, 6.45) is 3.91. The summed E-state index contributed by atoms with van der Waals surface area (Å²) in [5.74, 6) is 0.275. The third-order valence-electron chi connectivity index (χ3n) is 3.98. The van der Waals surface area contributed by atoms with Gasteiger partial charge in [-0.05, 0) is 31.1 Å². The molecule has 0 amide bonds. The van der Waals surface area contributed by atoms with Gasteiger partial charge in [0.1, 0.15) is 6.61 Å². The first kappa shape index (κ1) is 15.6. The van der Waals surface area contributed by atoms with Gasteiger partial charge in [-0.15, -0.1) is 0 Å². The Hall–Kier alpha value is -0.830. The highest BCUT2D eigenvalue weighted by molar-refractivity contribution is 7.90. The van der Waals surface area contributed by atoms with Crippen molar-refractivity contribution in [2.75, 3.05) is 13.2 Å². The molecule has 1 N–H and O–H groups in total. The lowest BCUT2D eigenvalue weighted by molar-refractivity contribution is -0.150. The maximum absolute atomic E-state index is 12.0. The molecule has 0 saturated heterocycles. The number of hydrogen-bond donors (Lipinski definition) is 1. The summed E-state index contributed by atoms with van der Waals surface area (Å²) in [6.45, 7) is -0.962. The number of fused-ring (bicyclic) bond motifs is 2. The summed E-state index contributed by atoms with van der Waals surface area (Å²) < 4.78 is 63.6. The number of esters is 1. The highest BCUT2D eigenvalue weighted by atomic mass is 32.2. The Balaban J connectivity index is 1.70. The molecule has 0 aromatic carbocycles. The van der Waals surface area contributed by atoms with Gasteiger partial charge in [0.25, 0.3) is 0 Å². The Kier molecular flexibility index (Phi) is 4.29. The maximum atomic E-state index is 12.0. The molecule has 0 aromatic heterocycles. The molecule has 0 heterocycles. The van der Waals surface area contributed by atoms with Crippen molar-refractivity contribution in [3.63, 3.8) is 0 Å². The van der Waals surface area contributed by atoms with Crippen molar-refractivity contribution in [3.05, 3.63) is 0 Å². The van der Waals surface area contributed by atoms with Gasteiger partial charge in [-0.1, -0.05) is 6.42 Å². The molecule has 0 radical (unpaired) electrons. The Morgan fingerprint density at radius 2 is 1.95 bits per heavy atom. The molecular weight excluding hydrogens is 299 g/mol. The monoisotopic (exact) mass is 315 g/mol. The van der Waals surface area contributed by atoms with Gasteiger partial charge >= 0.3 is 21.5 Å². The van der Waals surface area contributed by atoms with Gasteiger partial charge in [-0.3, -0.25) is 4.79 Å². The van der Waals surface area contributed by atoms with Crippen LogP contribution >= 0.6 is 0 Å². The second-order valence-corrected chi connectivity index (χ2v) is 7.05. The molecule has 2 aliphatic carbocycles. The second-order valence-electron chi connectivity index (χ2n) is 5.29. The van der Waals surface area contributed by atoms with Crippen LogP contribution in [0.25, 0.3) is 0 Å². The number of carbonyl (C=O) groups is 1. The van der Waals surface area contributed by atoms with Crippen molar-refractivity contribution >= 4 is 16.0 Å². The molecule has 0 aromatic rings. The van der Waals surface area contributed by atoms with Crippen molar-refractivity contribution in [3.8, 4) is 0 Å². The average molecular weight is 315 g/mol. The van der Waals surface area contributed by atoms with Gasteiger partial charge in [0.05, 0.1) is 5.92 Å². The summed E-state index contributed by atoms with van der Waals surface area (Å²) in [5.41, 5.74) is -5.35. The van der Waals surface area contributed by atoms with Crippen LogP contribution in [0.15, 0.2) is 0 Å². The molecule has 2 aliphatic rings. The average Bonchev–Trinajstić information content (AvgIpc) is 2.95. The van der Waals surface area contributed by atoms with E-state index in [0.717, 1.165) is 25.7 Å². The van der Waals surface area contributed by atoms with E-state index in [-0.39, 0.29) is 12.5 Å². The molecule has 116 valence electrons. The summed E-state index contributed by atoms with van der Waals surface area (Å²) in [4.78, 5) is 11.7. The molecule has 0 aliphatic heterocycles. The zero-order valence-electron chi connectivity index (χ0n) is 10.6. The Bertz CT molecular complexity index is 477. The Morgan fingerprint density at radius 3 is 2.45 bits per heavy atom. The van der Waals surface area contributed by atoms with Crippen LogP contribution in [0.1, 0.15) is 25.7 Å². The van der Waals surface area contributed by atoms with Crippen LogP contribution in [0.5, 0.6) is 0 Å². The van der Waals surface area contributed by atoms with Crippen LogP contribution in [-0.2, 0) is 19.6 Å². The first-order valence-corrected chi connectivity index (χ1v) is 7.91. The topological polar surface area (TPSA) is 72.5 Å². The largest absolute Gasteiger partial charge is 0.511 e. The fraction of sp³-hybridized carbons (Fsp3) is 0.909. The van der Waals surface area contributed by atoms with Crippen LogP contribution in [0.3, 0.4) is 0 Å². The smallest absolute Gasteiger partial charge is 0.464 e. The number of alkyl halides is 3. The molecule has 3 unspecified atom stereocenters. The third kappa shape index (κ3) is 3.25. The summed E-state index contributed by atoms with van der Waals surface area (Å²) in [7, 11) is -5.36. The standard InChI is InChI=1S/C11H16F3NO4S/c12-11(13,14)20(17,18)15-3-4-19-10(16)9-6-7-1-2-8(9)5-7/h7-9,15H,1-6H2. The summed E-state index contributed by atoms with van der Waals surface area (Å²) in [6, 6.07) is 0. The molecule has 9 heteroatoms. The lowest BCUT2D eigenvalue weighted by Gasteiger charge is -2.20. The van der Waals surface area contributed by atoms with Crippen molar-refractivity contribution in [2.45, 2.75) is 31.2 Å². The van der Waals surface area contributed by atoms with Crippen LogP contribution < -0.4 is 4.72 Å². The predicted molar refractivity (Wildman–Crippen MR) is 62.9 cm³/mol. The van der Waals surface area contributed by atoms with E-state index in [2.05, 4.69) is 0 Å². The van der Waals surface area contributed by atoms with Crippen LogP contribution in [0.2, 0.25) is 0 Å². The molecule has 2 rings (SSSR count). The third-order valence-corrected chi connectivity index (χ3v) is 5.18. The van der Waals surface area contributed by atoms with E-state index in [0.29, 0.717) is 11.8 Å². The minimum atomic E-state index is -5.36. The molecule has 20 heavy (non-hydrogen) atoms. The zero-order valence-corrected chi connectivity index (χ0v) is 11.5. The molecule has 3 atom stereocenters. The Morgan fingerprint density at radius 1 is 1.25 bits per heavy atom. The maximum Gasteiger partial charge on any atom is 0.511 e. The van der Waals surface area contributed by atoms with Crippen LogP contribution in [0, 0.1) is 17.8 Å². The lowest BCUT2D eigenvalue weighted by atomic mass is 9.89. The summed E-state index contributed by atoms with van der Waals surface area (Å²) in [5, 5.41) is 0. The molecule has 2 bridgehead atoms. The number of rotatable bonds is 5. The molecule has 0 spiro atoms. The van der Waals surface area contributed by atoms with Crippen molar-refractivity contribution in [1.29, 1.82) is 0 Å². The lowest BCUT2D eigenvalue weighted by Crippen LogP contribution is -2.38. The number of nitrogens with one attached hydrogen (secondary N) is 1. The van der Waals surface area contributed by atoms with Gasteiger partial charge in [0.2, 0.25) is 0 Å². The van der Waals surface area contributed by atoms with E-state index in [4.69, 9.17) is 4.74 Å². The second kappa shape index (κ2) is 5.51. The fourth-order valence-corrected chi connectivity index (χ4v) is 3.57. The van der Waals surface area contributed by atoms with Gasteiger partial charge in [0, 0.05) is 6.54 Å². The van der Waals surface area contributed by atoms with Crippen LogP contribution in [-0.4, -0.2) is 33.0 Å². The van der Waals surface area contributed by atoms with Crippen molar-refractivity contribution in [1.82, 2.24) is 4.72 Å². The van der Waals surface area contributed by atoms with Gasteiger partial charge in [-0.2, -0.15) is 13.2 Å². The highest BCUT2D eigenvalue weighted by Gasteiger charge is 2.46. The van der Waals surface area contributed by atoms with E-state index < -0.39 is 28.0 Å². The quantitative estimate of drug-likeness (QED) is 0.615. The molecule has 2 fully saturated rings. The van der Waals surface area contributed by atoms with Gasteiger partial charge in [0.15, 0.2) is 0 Å². The Labute approximate surface area is 114 Å². The van der Waals surface area contributed by atoms with E-state index in [1.807, 2.05) is 0 Å². The number of carbonyl (C=O) groups excluding carboxylic acids is 1. The molecule has 5 nitrogen and oxygen atoms in total. The molecular formula is C11H16F3NO4S. The zero-order chi connectivity index (χ0) is 15.0. The van der Waals surface area contributed by atoms with E-state index in [1.165, 1.54) is 4.72 Å². The van der Waals surface area contributed by atoms with E-state index >= 15 is 0 Å². The molecule has 2 saturated carbocycles. The first-order chi connectivity index (χ1) is 9.21. The number of sulfonamides is 1. The van der Waals surface area contributed by atoms with Gasteiger partial charge in [-0.25, -0.2) is 13.1 Å². The van der Waals surface area contributed by atoms with E-state index in [1.54, 1.807) is 0 Å². The number of halogens is 3. The van der Waals surface area contributed by atoms with Crippen molar-refractivity contribution in [2.24, 2.45) is 17.8 Å². The van der Waals surface area contributed by atoms with Crippen LogP contribution in [0.4, 0.5) is 13.2 Å².